The van der Waals surface area contributed by atoms with Crippen LogP contribution in [0.4, 0.5) is 4.39 Å². The number of thiazole rings is 1. The number of hydrogen-bond acceptors (Lipinski definition) is 3. The molecule has 0 bridgehead atoms. The highest BCUT2D eigenvalue weighted by Crippen LogP contribution is 2.15. The Hall–Kier alpha value is -1.26. The third kappa shape index (κ3) is 5.02. The molecule has 2 rings (SSSR count). The van der Waals surface area contributed by atoms with E-state index < -0.39 is 0 Å². The average molecular weight is 292 g/mol. The number of hydrogen-bond donors (Lipinski definition) is 1. The van der Waals surface area contributed by atoms with E-state index in [1.54, 1.807) is 11.3 Å². The van der Waals surface area contributed by atoms with Crippen LogP contribution in [-0.2, 0) is 12.8 Å². The third-order valence-corrected chi connectivity index (χ3v) is 3.91. The van der Waals surface area contributed by atoms with Crippen molar-refractivity contribution in [3.63, 3.8) is 0 Å². The number of aromatic nitrogens is 1. The van der Waals surface area contributed by atoms with Crippen molar-refractivity contribution in [2.24, 2.45) is 5.92 Å². The standard InChI is InChI=1S/C16H21FN2S/c1-2-7-18-10-14(9-16-11-20-12-19-16)8-13-3-5-15(17)6-4-13/h3-6,11-12,14,18H,2,7-10H2,1H3. The summed E-state index contributed by atoms with van der Waals surface area (Å²) in [6.07, 6.45) is 3.06. The van der Waals surface area contributed by atoms with E-state index in [0.29, 0.717) is 5.92 Å². The highest BCUT2D eigenvalue weighted by Gasteiger charge is 2.12. The van der Waals surface area contributed by atoms with E-state index in [-0.39, 0.29) is 5.82 Å². The van der Waals surface area contributed by atoms with Gasteiger partial charge in [-0.3, -0.25) is 0 Å². The lowest BCUT2D eigenvalue weighted by atomic mass is 9.95. The molecule has 1 heterocycles. The summed E-state index contributed by atoms with van der Waals surface area (Å²) in [6.45, 7) is 4.18. The Morgan fingerprint density at radius 2 is 2.05 bits per heavy atom. The Kier molecular flexibility index (Phi) is 6.15. The van der Waals surface area contributed by atoms with Gasteiger partial charge in [-0.15, -0.1) is 11.3 Å². The lowest BCUT2D eigenvalue weighted by Gasteiger charge is -2.17. The van der Waals surface area contributed by atoms with Crippen molar-refractivity contribution < 1.29 is 4.39 Å². The maximum absolute atomic E-state index is 13.0. The van der Waals surface area contributed by atoms with Gasteiger partial charge in [-0.2, -0.15) is 0 Å². The second-order valence-corrected chi connectivity index (χ2v) is 5.80. The fraction of sp³-hybridized carbons (Fsp3) is 0.438. The molecule has 0 amide bonds. The molecule has 4 heteroatoms. The molecule has 1 N–H and O–H groups in total. The minimum Gasteiger partial charge on any atom is -0.316 e. The predicted molar refractivity (Wildman–Crippen MR) is 82.6 cm³/mol. The quantitative estimate of drug-likeness (QED) is 0.751. The monoisotopic (exact) mass is 292 g/mol. The largest absolute Gasteiger partial charge is 0.316 e. The van der Waals surface area contributed by atoms with E-state index >= 15 is 0 Å². The molecular weight excluding hydrogens is 271 g/mol. The highest BCUT2D eigenvalue weighted by molar-refractivity contribution is 7.07. The SMILES string of the molecule is CCCNCC(Cc1ccc(F)cc1)Cc1cscn1. The van der Waals surface area contributed by atoms with Gasteiger partial charge in [-0.1, -0.05) is 19.1 Å². The van der Waals surface area contributed by atoms with Crippen LogP contribution >= 0.6 is 11.3 Å². The van der Waals surface area contributed by atoms with Gasteiger partial charge in [0, 0.05) is 5.38 Å². The maximum Gasteiger partial charge on any atom is 0.123 e. The summed E-state index contributed by atoms with van der Waals surface area (Å²) in [4.78, 5) is 4.37. The summed E-state index contributed by atoms with van der Waals surface area (Å²) in [6, 6.07) is 6.83. The van der Waals surface area contributed by atoms with E-state index in [1.165, 1.54) is 17.7 Å². The summed E-state index contributed by atoms with van der Waals surface area (Å²) in [5.74, 6) is 0.322. The molecule has 0 aliphatic rings. The zero-order valence-electron chi connectivity index (χ0n) is 11.8. The zero-order chi connectivity index (χ0) is 14.2. The van der Waals surface area contributed by atoms with Crippen LogP contribution in [0.15, 0.2) is 35.2 Å². The fourth-order valence-electron chi connectivity index (χ4n) is 2.29. The van der Waals surface area contributed by atoms with E-state index in [0.717, 1.165) is 38.0 Å². The van der Waals surface area contributed by atoms with Crippen LogP contribution in [0.5, 0.6) is 0 Å². The second-order valence-electron chi connectivity index (χ2n) is 5.08. The molecule has 108 valence electrons. The smallest absolute Gasteiger partial charge is 0.123 e. The third-order valence-electron chi connectivity index (χ3n) is 3.28. The van der Waals surface area contributed by atoms with Crippen LogP contribution in [0, 0.1) is 11.7 Å². The van der Waals surface area contributed by atoms with Gasteiger partial charge in [0.05, 0.1) is 11.2 Å². The first-order valence-corrected chi connectivity index (χ1v) is 8.04. The van der Waals surface area contributed by atoms with Gasteiger partial charge in [0.2, 0.25) is 0 Å². The average Bonchev–Trinajstić information content (AvgIpc) is 2.94. The Labute approximate surface area is 124 Å². The van der Waals surface area contributed by atoms with E-state index in [1.807, 2.05) is 17.6 Å². The summed E-state index contributed by atoms with van der Waals surface area (Å²) >= 11 is 1.64. The zero-order valence-corrected chi connectivity index (χ0v) is 12.6. The number of rotatable bonds is 8. The Balaban J connectivity index is 1.95. The molecule has 1 atom stereocenters. The Morgan fingerprint density at radius 1 is 1.25 bits per heavy atom. The molecule has 20 heavy (non-hydrogen) atoms. The minimum absolute atomic E-state index is 0.172. The number of benzene rings is 1. The first-order valence-electron chi connectivity index (χ1n) is 7.10. The molecule has 0 aliphatic heterocycles. The topological polar surface area (TPSA) is 24.9 Å². The van der Waals surface area contributed by atoms with Crippen molar-refractivity contribution in [2.45, 2.75) is 26.2 Å². The first kappa shape index (κ1) is 15.1. The van der Waals surface area contributed by atoms with Crippen LogP contribution in [0.3, 0.4) is 0 Å². The van der Waals surface area contributed by atoms with Gasteiger partial charge in [-0.05, 0) is 56.0 Å². The van der Waals surface area contributed by atoms with Crippen LogP contribution in [0.1, 0.15) is 24.6 Å². The Bertz CT molecular complexity index is 482. The number of nitrogens with zero attached hydrogens (tertiary/aromatic N) is 1. The van der Waals surface area contributed by atoms with Crippen molar-refractivity contribution >= 4 is 11.3 Å². The molecule has 0 saturated carbocycles. The molecule has 0 fully saturated rings. The molecule has 0 radical (unpaired) electrons. The highest BCUT2D eigenvalue weighted by atomic mass is 32.1. The van der Waals surface area contributed by atoms with Crippen molar-refractivity contribution in [2.75, 3.05) is 13.1 Å². The number of halogens is 1. The molecule has 1 aromatic heterocycles. The molecule has 0 saturated heterocycles. The van der Waals surface area contributed by atoms with Crippen molar-refractivity contribution in [3.05, 3.63) is 52.2 Å². The van der Waals surface area contributed by atoms with Gasteiger partial charge >= 0.3 is 0 Å². The van der Waals surface area contributed by atoms with Crippen molar-refractivity contribution in [3.8, 4) is 0 Å². The van der Waals surface area contributed by atoms with E-state index in [2.05, 4.69) is 22.6 Å². The predicted octanol–water partition coefficient (Wildman–Crippen LogP) is 3.68. The van der Waals surface area contributed by atoms with Crippen LogP contribution in [0.25, 0.3) is 0 Å². The maximum atomic E-state index is 13.0. The lowest BCUT2D eigenvalue weighted by Crippen LogP contribution is -2.26. The summed E-state index contributed by atoms with van der Waals surface area (Å²) in [5, 5.41) is 5.59. The van der Waals surface area contributed by atoms with Crippen molar-refractivity contribution in [1.29, 1.82) is 0 Å². The van der Waals surface area contributed by atoms with Crippen LogP contribution in [0.2, 0.25) is 0 Å². The van der Waals surface area contributed by atoms with E-state index in [4.69, 9.17) is 0 Å². The lowest BCUT2D eigenvalue weighted by molar-refractivity contribution is 0.467. The first-order chi connectivity index (χ1) is 9.78. The summed E-state index contributed by atoms with van der Waals surface area (Å²) in [7, 11) is 0. The second kappa shape index (κ2) is 8.12. The molecule has 2 nitrogen and oxygen atoms in total. The minimum atomic E-state index is -0.172. The van der Waals surface area contributed by atoms with Gasteiger partial charge in [0.1, 0.15) is 5.82 Å². The normalized spacial score (nSPS) is 12.5. The van der Waals surface area contributed by atoms with E-state index in [9.17, 15) is 4.39 Å². The molecule has 2 aromatic rings. The molecule has 0 spiro atoms. The summed E-state index contributed by atoms with van der Waals surface area (Å²) in [5.41, 5.74) is 4.22. The van der Waals surface area contributed by atoms with Gasteiger partial charge < -0.3 is 5.32 Å². The molecule has 1 aromatic carbocycles. The molecule has 1 unspecified atom stereocenters. The van der Waals surface area contributed by atoms with Crippen LogP contribution < -0.4 is 5.32 Å². The van der Waals surface area contributed by atoms with Gasteiger partial charge in [0.25, 0.3) is 0 Å². The van der Waals surface area contributed by atoms with Gasteiger partial charge in [0.15, 0.2) is 0 Å². The van der Waals surface area contributed by atoms with Gasteiger partial charge in [-0.25, -0.2) is 9.37 Å². The molecular formula is C16H21FN2S. The fourth-order valence-corrected chi connectivity index (χ4v) is 2.86. The number of nitrogens with one attached hydrogen (secondary N) is 1. The summed E-state index contributed by atoms with van der Waals surface area (Å²) < 4.78 is 13.0. The van der Waals surface area contributed by atoms with Crippen LogP contribution in [-0.4, -0.2) is 18.1 Å². The Morgan fingerprint density at radius 3 is 2.70 bits per heavy atom. The molecule has 0 aliphatic carbocycles. The van der Waals surface area contributed by atoms with Crippen molar-refractivity contribution in [1.82, 2.24) is 10.3 Å².